The van der Waals surface area contributed by atoms with Crippen molar-refractivity contribution < 1.29 is 41.8 Å². The smallest absolute Gasteiger partial charge is 0.394 e. The zero-order valence-corrected chi connectivity index (χ0v) is 13.3. The lowest BCUT2D eigenvalue weighted by atomic mass is 9.96. The number of benzene rings is 1. The van der Waals surface area contributed by atoms with Gasteiger partial charge >= 0.3 is 24.1 Å². The second kappa shape index (κ2) is 7.18. The van der Waals surface area contributed by atoms with Crippen LogP contribution in [0.2, 0.25) is 0 Å². The van der Waals surface area contributed by atoms with Gasteiger partial charge in [-0.3, -0.25) is 4.79 Å². The van der Waals surface area contributed by atoms with Crippen LogP contribution in [0.15, 0.2) is 18.2 Å². The molecule has 0 saturated carbocycles. The van der Waals surface area contributed by atoms with Crippen LogP contribution in [0.5, 0.6) is 0 Å². The SMILES string of the molecule is COC(=O)c1c(F)cccc1NC(=O)N1C[C@@H](C(F)(F)F)[C@H](C(=O)O)C1. The number of carbonyl (C=O) groups excluding carboxylic acids is 2. The van der Waals surface area contributed by atoms with Gasteiger partial charge in [-0.1, -0.05) is 6.07 Å². The molecular formula is C15H14F4N2O5. The van der Waals surface area contributed by atoms with Crippen LogP contribution in [-0.4, -0.2) is 54.4 Å². The maximum atomic E-state index is 13.8. The van der Waals surface area contributed by atoms with Gasteiger partial charge < -0.3 is 20.1 Å². The van der Waals surface area contributed by atoms with Crippen molar-refractivity contribution in [3.8, 4) is 0 Å². The zero-order valence-electron chi connectivity index (χ0n) is 13.3. The maximum absolute atomic E-state index is 13.8. The number of aliphatic carboxylic acids is 1. The summed E-state index contributed by atoms with van der Waals surface area (Å²) in [5, 5.41) is 11.1. The number of carbonyl (C=O) groups is 3. The fourth-order valence-corrected chi connectivity index (χ4v) is 2.68. The van der Waals surface area contributed by atoms with Gasteiger partial charge in [0.1, 0.15) is 11.4 Å². The molecule has 1 fully saturated rings. The van der Waals surface area contributed by atoms with Crippen molar-refractivity contribution in [3.63, 3.8) is 0 Å². The minimum Gasteiger partial charge on any atom is -0.481 e. The van der Waals surface area contributed by atoms with E-state index in [9.17, 15) is 31.9 Å². The molecule has 142 valence electrons. The number of urea groups is 1. The summed E-state index contributed by atoms with van der Waals surface area (Å²) in [6.45, 7) is -1.54. The van der Waals surface area contributed by atoms with E-state index in [1.807, 2.05) is 0 Å². The number of alkyl halides is 3. The number of nitrogens with zero attached hydrogens (tertiary/aromatic N) is 1. The second-order valence-corrected chi connectivity index (χ2v) is 5.58. The molecule has 2 N–H and O–H groups in total. The predicted octanol–water partition coefficient (Wildman–Crippen LogP) is 2.34. The van der Waals surface area contributed by atoms with Crippen molar-refractivity contribution in [2.75, 3.05) is 25.5 Å². The number of nitrogens with one attached hydrogen (secondary N) is 1. The van der Waals surface area contributed by atoms with Crippen LogP contribution in [0.25, 0.3) is 0 Å². The third-order valence-electron chi connectivity index (χ3n) is 3.99. The number of rotatable bonds is 3. The molecule has 1 saturated heterocycles. The highest BCUT2D eigenvalue weighted by Crippen LogP contribution is 2.38. The summed E-state index contributed by atoms with van der Waals surface area (Å²) in [5.74, 6) is -7.79. The van der Waals surface area contributed by atoms with Crippen LogP contribution in [0.3, 0.4) is 0 Å². The monoisotopic (exact) mass is 378 g/mol. The lowest BCUT2D eigenvalue weighted by molar-refractivity contribution is -0.187. The first-order valence-electron chi connectivity index (χ1n) is 7.28. The lowest BCUT2D eigenvalue weighted by Crippen LogP contribution is -2.35. The van der Waals surface area contributed by atoms with Crippen molar-refractivity contribution in [3.05, 3.63) is 29.6 Å². The first-order valence-corrected chi connectivity index (χ1v) is 7.28. The maximum Gasteiger partial charge on any atom is 0.394 e. The molecule has 7 nitrogen and oxygen atoms in total. The van der Waals surface area contributed by atoms with Crippen LogP contribution >= 0.6 is 0 Å². The summed E-state index contributed by atoms with van der Waals surface area (Å²) in [6.07, 6.45) is -4.80. The van der Waals surface area contributed by atoms with E-state index in [0.717, 1.165) is 13.2 Å². The third-order valence-corrected chi connectivity index (χ3v) is 3.99. The fraction of sp³-hybridized carbons (Fsp3) is 0.400. The summed E-state index contributed by atoms with van der Waals surface area (Å²) in [4.78, 5) is 35.5. The normalized spacial score (nSPS) is 20.0. The molecule has 2 rings (SSSR count). The minimum absolute atomic E-state index is 0.302. The van der Waals surface area contributed by atoms with Gasteiger partial charge in [0.15, 0.2) is 0 Å². The molecule has 11 heteroatoms. The van der Waals surface area contributed by atoms with E-state index in [2.05, 4.69) is 10.1 Å². The number of hydrogen-bond donors (Lipinski definition) is 2. The van der Waals surface area contributed by atoms with E-state index in [0.29, 0.717) is 4.90 Å². The molecule has 1 heterocycles. The lowest BCUT2D eigenvalue weighted by Gasteiger charge is -2.19. The Morgan fingerprint density at radius 2 is 1.92 bits per heavy atom. The summed E-state index contributed by atoms with van der Waals surface area (Å²) < 4.78 is 57.1. The fourth-order valence-electron chi connectivity index (χ4n) is 2.68. The molecule has 1 aromatic rings. The number of halogens is 4. The third kappa shape index (κ3) is 3.86. The first kappa shape index (κ1) is 19.5. The van der Waals surface area contributed by atoms with Crippen molar-refractivity contribution in [2.24, 2.45) is 11.8 Å². The Hall–Kier alpha value is -2.85. The standard InChI is InChI=1S/C15H14F4N2O5/c1-26-13(24)11-9(16)3-2-4-10(11)20-14(25)21-5-7(12(22)23)8(6-21)15(17,18)19/h2-4,7-8H,5-6H2,1H3,(H,20,25)(H,22,23)/t7-,8-/m1/s1. The Morgan fingerprint density at radius 1 is 1.27 bits per heavy atom. The number of likely N-dealkylation sites (tertiary alicyclic amines) is 1. The van der Waals surface area contributed by atoms with Gasteiger partial charge in [-0.2, -0.15) is 13.2 Å². The van der Waals surface area contributed by atoms with Gasteiger partial charge in [0.05, 0.1) is 24.6 Å². The van der Waals surface area contributed by atoms with Crippen LogP contribution in [0, 0.1) is 17.7 Å². The number of esters is 1. The zero-order chi connectivity index (χ0) is 19.6. The van der Waals surface area contributed by atoms with Crippen molar-refractivity contribution in [2.45, 2.75) is 6.18 Å². The van der Waals surface area contributed by atoms with Gasteiger partial charge in [-0.25, -0.2) is 14.0 Å². The van der Waals surface area contributed by atoms with Crippen molar-refractivity contribution >= 4 is 23.7 Å². The van der Waals surface area contributed by atoms with Gasteiger partial charge in [0.2, 0.25) is 0 Å². The Kier molecular flexibility index (Phi) is 5.38. The van der Waals surface area contributed by atoms with E-state index in [1.165, 1.54) is 12.1 Å². The number of amides is 2. The van der Waals surface area contributed by atoms with E-state index in [-0.39, 0.29) is 5.69 Å². The van der Waals surface area contributed by atoms with Crippen molar-refractivity contribution in [1.82, 2.24) is 4.90 Å². The molecule has 26 heavy (non-hydrogen) atoms. The van der Waals surface area contributed by atoms with Crippen molar-refractivity contribution in [1.29, 1.82) is 0 Å². The quantitative estimate of drug-likeness (QED) is 0.622. The van der Waals surface area contributed by atoms with E-state index < -0.39 is 60.5 Å². The molecule has 1 aliphatic heterocycles. The van der Waals surface area contributed by atoms with Crippen LogP contribution in [-0.2, 0) is 9.53 Å². The van der Waals surface area contributed by atoms with Gasteiger partial charge in [0, 0.05) is 13.1 Å². The van der Waals surface area contributed by atoms with Crippen LogP contribution in [0.1, 0.15) is 10.4 Å². The van der Waals surface area contributed by atoms with E-state index in [4.69, 9.17) is 5.11 Å². The molecule has 1 aromatic carbocycles. The minimum atomic E-state index is -4.80. The molecule has 2 atom stereocenters. The molecule has 1 aliphatic rings. The highest BCUT2D eigenvalue weighted by atomic mass is 19.4. The van der Waals surface area contributed by atoms with Gasteiger partial charge in [-0.05, 0) is 12.1 Å². The molecule has 0 aliphatic carbocycles. The highest BCUT2D eigenvalue weighted by molar-refractivity contribution is 6.01. The first-order chi connectivity index (χ1) is 12.1. The summed E-state index contributed by atoms with van der Waals surface area (Å²) >= 11 is 0. The summed E-state index contributed by atoms with van der Waals surface area (Å²) in [6, 6.07) is 2.20. The summed E-state index contributed by atoms with van der Waals surface area (Å²) in [5.41, 5.74) is -0.895. The van der Waals surface area contributed by atoms with E-state index in [1.54, 1.807) is 0 Å². The van der Waals surface area contributed by atoms with Crippen LogP contribution < -0.4 is 5.32 Å². The second-order valence-electron chi connectivity index (χ2n) is 5.58. The Morgan fingerprint density at radius 3 is 2.42 bits per heavy atom. The highest BCUT2D eigenvalue weighted by Gasteiger charge is 2.53. The average Bonchev–Trinajstić information content (AvgIpc) is 3.00. The summed E-state index contributed by atoms with van der Waals surface area (Å²) in [7, 11) is 0.992. The van der Waals surface area contributed by atoms with E-state index >= 15 is 0 Å². The Balaban J connectivity index is 2.23. The van der Waals surface area contributed by atoms with Gasteiger partial charge in [-0.15, -0.1) is 0 Å². The number of carboxylic acid groups (broad SMARTS) is 1. The number of methoxy groups -OCH3 is 1. The van der Waals surface area contributed by atoms with Crippen LogP contribution in [0.4, 0.5) is 28.0 Å². The average molecular weight is 378 g/mol. The molecule has 2 amide bonds. The molecule has 0 unspecified atom stereocenters. The topological polar surface area (TPSA) is 95.9 Å². The number of hydrogen-bond acceptors (Lipinski definition) is 4. The molecule has 0 radical (unpaired) electrons. The molecule has 0 bridgehead atoms. The Bertz CT molecular complexity index is 737. The number of ether oxygens (including phenoxy) is 1. The predicted molar refractivity (Wildman–Crippen MR) is 79.0 cm³/mol. The largest absolute Gasteiger partial charge is 0.481 e. The number of anilines is 1. The number of carboxylic acids is 1. The molecule has 0 aromatic heterocycles. The molecular weight excluding hydrogens is 364 g/mol. The Labute approximate surface area is 144 Å². The van der Waals surface area contributed by atoms with Gasteiger partial charge in [0.25, 0.3) is 0 Å². The molecule has 0 spiro atoms.